The van der Waals surface area contributed by atoms with Crippen LogP contribution in [0.5, 0.6) is 11.6 Å². The maximum atomic E-state index is 14.5. The molecule has 0 radical (unpaired) electrons. The predicted octanol–water partition coefficient (Wildman–Crippen LogP) is 5.01. The first kappa shape index (κ1) is 25.8. The lowest BCUT2D eigenvalue weighted by atomic mass is 10.0. The van der Waals surface area contributed by atoms with Crippen LogP contribution in [0.4, 0.5) is 25.2 Å². The van der Waals surface area contributed by atoms with Gasteiger partial charge < -0.3 is 24.8 Å². The molecule has 200 valence electrons. The Balaban J connectivity index is 1.41. The number of benzene rings is 2. The summed E-state index contributed by atoms with van der Waals surface area (Å²) in [6.07, 6.45) is 0.501. The number of aromatic nitrogens is 2. The summed E-state index contributed by atoms with van der Waals surface area (Å²) in [6, 6.07) is 10.7. The van der Waals surface area contributed by atoms with Gasteiger partial charge in [0.25, 0.3) is 0 Å². The molecule has 0 bridgehead atoms. The number of likely N-dealkylation sites (N-methyl/N-ethyl adjacent to an activating group) is 1. The number of hydrogen-bond donors (Lipinski definition) is 1. The van der Waals surface area contributed by atoms with E-state index in [1.807, 2.05) is 24.3 Å². The van der Waals surface area contributed by atoms with E-state index >= 15 is 0 Å². The summed E-state index contributed by atoms with van der Waals surface area (Å²) < 4.78 is 33.9. The maximum Gasteiger partial charge on any atom is 0.322 e. The Kier molecular flexibility index (Phi) is 7.42. The lowest BCUT2D eigenvalue weighted by Crippen LogP contribution is -2.45. The third-order valence-electron chi connectivity index (χ3n) is 7.01. The van der Waals surface area contributed by atoms with Crippen molar-refractivity contribution in [1.82, 2.24) is 19.8 Å². The molecule has 2 aromatic carbocycles. The molecular weight excluding hydrogens is 490 g/mol. The van der Waals surface area contributed by atoms with Crippen molar-refractivity contribution in [2.45, 2.75) is 32.7 Å². The number of ether oxygens (including phenoxy) is 1. The summed E-state index contributed by atoms with van der Waals surface area (Å²) in [5.41, 5.74) is 3.27. The van der Waals surface area contributed by atoms with Gasteiger partial charge in [0.2, 0.25) is 11.8 Å². The van der Waals surface area contributed by atoms with E-state index < -0.39 is 11.6 Å². The summed E-state index contributed by atoms with van der Waals surface area (Å²) in [5.74, 6) is -0.566. The second-order valence-electron chi connectivity index (χ2n) is 10.1. The third-order valence-corrected chi connectivity index (χ3v) is 7.01. The number of hydrogen-bond acceptors (Lipinski definition) is 6. The molecular formula is C28H32F2N6O2. The van der Waals surface area contributed by atoms with E-state index in [0.29, 0.717) is 36.1 Å². The number of carbonyl (C=O) groups excluding carboxylic acids is 1. The number of nitrogens with one attached hydrogen (secondary N) is 1. The number of rotatable bonds is 5. The first-order chi connectivity index (χ1) is 18.3. The molecule has 8 nitrogen and oxygen atoms in total. The quantitative estimate of drug-likeness (QED) is 0.508. The van der Waals surface area contributed by atoms with E-state index in [2.05, 4.69) is 41.0 Å². The highest BCUT2D eigenvalue weighted by molar-refractivity contribution is 5.89. The molecule has 2 aliphatic rings. The van der Waals surface area contributed by atoms with Crippen molar-refractivity contribution >= 4 is 17.7 Å². The zero-order valence-corrected chi connectivity index (χ0v) is 21.9. The fourth-order valence-electron chi connectivity index (χ4n) is 4.59. The van der Waals surface area contributed by atoms with Crippen LogP contribution in [0.2, 0.25) is 0 Å². The number of halogens is 2. The summed E-state index contributed by atoms with van der Waals surface area (Å²) >= 11 is 0. The minimum Gasteiger partial charge on any atom is -0.435 e. The molecule has 0 spiro atoms. The van der Waals surface area contributed by atoms with Gasteiger partial charge in [-0.1, -0.05) is 26.0 Å². The highest BCUT2D eigenvalue weighted by atomic mass is 19.1. The van der Waals surface area contributed by atoms with Gasteiger partial charge in [0.15, 0.2) is 11.6 Å². The number of carbonyl (C=O) groups is 1. The second-order valence-corrected chi connectivity index (χ2v) is 10.1. The van der Waals surface area contributed by atoms with Gasteiger partial charge in [0.1, 0.15) is 5.82 Å². The van der Waals surface area contributed by atoms with E-state index in [1.165, 1.54) is 11.6 Å². The number of nitrogens with zero attached hydrogens (tertiary/aromatic N) is 5. The van der Waals surface area contributed by atoms with Crippen LogP contribution in [-0.2, 0) is 13.0 Å². The van der Waals surface area contributed by atoms with Crippen LogP contribution in [0, 0.1) is 11.6 Å². The number of piperazine rings is 1. The second kappa shape index (κ2) is 10.9. The molecule has 0 saturated carbocycles. The predicted molar refractivity (Wildman–Crippen MR) is 142 cm³/mol. The molecule has 2 aliphatic heterocycles. The molecule has 0 atom stereocenters. The number of fused-ring (bicyclic) bond motifs is 1. The van der Waals surface area contributed by atoms with Crippen LogP contribution in [0.15, 0.2) is 42.5 Å². The molecule has 1 saturated heterocycles. The normalized spacial score (nSPS) is 15.9. The SMILES string of the molecule is CC(C)c1ccc(NC(=O)N2CCc3nc(N4CCN(C)CC4)nc(Oc4ccc(F)cc4F)c3C2)cc1. The summed E-state index contributed by atoms with van der Waals surface area (Å²) in [4.78, 5) is 28.5. The fraction of sp³-hybridized carbons (Fsp3) is 0.393. The van der Waals surface area contributed by atoms with Crippen LogP contribution >= 0.6 is 0 Å². The zero-order valence-electron chi connectivity index (χ0n) is 21.9. The van der Waals surface area contributed by atoms with Gasteiger partial charge in [-0.2, -0.15) is 4.98 Å². The lowest BCUT2D eigenvalue weighted by Gasteiger charge is -2.34. The molecule has 2 amide bonds. The van der Waals surface area contributed by atoms with E-state index in [9.17, 15) is 13.6 Å². The average molecular weight is 523 g/mol. The molecule has 0 unspecified atom stereocenters. The minimum absolute atomic E-state index is 0.136. The first-order valence-electron chi connectivity index (χ1n) is 12.9. The Bertz CT molecular complexity index is 1310. The van der Waals surface area contributed by atoms with E-state index in [1.54, 1.807) is 4.90 Å². The summed E-state index contributed by atoms with van der Waals surface area (Å²) in [6.45, 7) is 8.15. The molecule has 1 N–H and O–H groups in total. The highest BCUT2D eigenvalue weighted by Crippen LogP contribution is 2.33. The van der Waals surface area contributed by atoms with Crippen LogP contribution in [-0.4, -0.2) is 65.6 Å². The van der Waals surface area contributed by atoms with E-state index in [0.717, 1.165) is 44.0 Å². The Morgan fingerprint density at radius 3 is 2.42 bits per heavy atom. The van der Waals surface area contributed by atoms with Crippen molar-refractivity contribution in [2.24, 2.45) is 0 Å². The van der Waals surface area contributed by atoms with E-state index in [-0.39, 0.29) is 24.2 Å². The number of anilines is 2. The van der Waals surface area contributed by atoms with E-state index in [4.69, 9.17) is 9.72 Å². The monoisotopic (exact) mass is 522 g/mol. The Hall–Kier alpha value is -3.79. The molecule has 38 heavy (non-hydrogen) atoms. The van der Waals surface area contributed by atoms with Crippen molar-refractivity contribution in [3.63, 3.8) is 0 Å². The van der Waals surface area contributed by atoms with Crippen LogP contribution in [0.25, 0.3) is 0 Å². The van der Waals surface area contributed by atoms with Gasteiger partial charge in [-0.15, -0.1) is 0 Å². The van der Waals surface area contributed by atoms with Gasteiger partial charge in [0, 0.05) is 50.9 Å². The summed E-state index contributed by atoms with van der Waals surface area (Å²) in [5, 5.41) is 2.95. The largest absolute Gasteiger partial charge is 0.435 e. The topological polar surface area (TPSA) is 73.8 Å². The zero-order chi connectivity index (χ0) is 26.8. The van der Waals surface area contributed by atoms with Gasteiger partial charge in [0.05, 0.1) is 17.8 Å². The number of urea groups is 1. The van der Waals surface area contributed by atoms with Crippen molar-refractivity contribution < 1.29 is 18.3 Å². The Morgan fingerprint density at radius 1 is 1.00 bits per heavy atom. The molecule has 1 fully saturated rings. The van der Waals surface area contributed by atoms with Crippen LogP contribution in [0.1, 0.15) is 36.6 Å². The van der Waals surface area contributed by atoms with Gasteiger partial charge >= 0.3 is 6.03 Å². The van der Waals surface area contributed by atoms with Crippen molar-refractivity contribution in [2.75, 3.05) is 50.0 Å². The molecule has 3 aromatic rings. The van der Waals surface area contributed by atoms with Crippen molar-refractivity contribution in [3.8, 4) is 11.6 Å². The molecule has 0 aliphatic carbocycles. The van der Waals surface area contributed by atoms with Gasteiger partial charge in [-0.05, 0) is 42.8 Å². The van der Waals surface area contributed by atoms with Gasteiger partial charge in [-0.3, -0.25) is 0 Å². The first-order valence-corrected chi connectivity index (χ1v) is 12.9. The van der Waals surface area contributed by atoms with Crippen LogP contribution in [0.3, 0.4) is 0 Å². The Morgan fingerprint density at radius 2 is 1.74 bits per heavy atom. The van der Waals surface area contributed by atoms with Gasteiger partial charge in [-0.25, -0.2) is 18.6 Å². The Labute approximate surface area is 221 Å². The van der Waals surface area contributed by atoms with Crippen molar-refractivity contribution in [3.05, 3.63) is 70.9 Å². The van der Waals surface area contributed by atoms with Crippen molar-refractivity contribution in [1.29, 1.82) is 0 Å². The minimum atomic E-state index is -0.825. The molecule has 3 heterocycles. The maximum absolute atomic E-state index is 14.5. The average Bonchev–Trinajstić information content (AvgIpc) is 2.90. The number of amides is 2. The smallest absolute Gasteiger partial charge is 0.322 e. The summed E-state index contributed by atoms with van der Waals surface area (Å²) in [7, 11) is 2.06. The lowest BCUT2D eigenvalue weighted by molar-refractivity contribution is 0.204. The molecule has 10 heteroatoms. The molecule has 5 rings (SSSR count). The fourth-order valence-corrected chi connectivity index (χ4v) is 4.59. The standard InChI is InChI=1S/C28H32F2N6O2/c1-18(2)19-4-7-21(8-5-19)31-28(37)36-11-10-24-22(17-36)26(38-25-9-6-20(29)16-23(25)30)33-27(32-24)35-14-12-34(3)13-15-35/h4-9,16,18H,10-15,17H2,1-3H3,(H,31,37). The van der Waals surface area contributed by atoms with Crippen LogP contribution < -0.4 is 15.0 Å². The third kappa shape index (κ3) is 5.70. The highest BCUT2D eigenvalue weighted by Gasteiger charge is 2.29. The molecule has 1 aromatic heterocycles.